The van der Waals surface area contributed by atoms with Crippen molar-refractivity contribution in [1.29, 1.82) is 0 Å². The quantitative estimate of drug-likeness (QED) is 0.604. The number of H-pyrrole nitrogens is 1. The number of anilines is 1. The summed E-state index contributed by atoms with van der Waals surface area (Å²) in [6.45, 7) is -0.0951. The molecule has 2 rings (SSSR count). The molecule has 0 aliphatic carbocycles. The third kappa shape index (κ3) is 2.73. The van der Waals surface area contributed by atoms with E-state index in [9.17, 15) is 9.59 Å². The van der Waals surface area contributed by atoms with Crippen LogP contribution in [0.5, 0.6) is 0 Å². The Morgan fingerprint density at radius 1 is 1.44 bits per heavy atom. The first kappa shape index (κ1) is 11.8. The van der Waals surface area contributed by atoms with Crippen molar-refractivity contribution >= 4 is 28.9 Å². The van der Waals surface area contributed by atoms with Gasteiger partial charge in [-0.25, -0.2) is 14.8 Å². The van der Waals surface area contributed by atoms with Crippen LogP contribution in [0.25, 0.3) is 11.2 Å². The number of rotatable bonds is 3. The Labute approximate surface area is 102 Å². The van der Waals surface area contributed by atoms with Gasteiger partial charge < -0.3 is 15.6 Å². The van der Waals surface area contributed by atoms with Crippen molar-refractivity contribution in [2.24, 2.45) is 0 Å². The molecule has 0 aliphatic heterocycles. The summed E-state index contributed by atoms with van der Waals surface area (Å²) in [4.78, 5) is 33.5. The van der Waals surface area contributed by atoms with Gasteiger partial charge in [-0.15, -0.1) is 0 Å². The number of urea groups is 1. The van der Waals surface area contributed by atoms with Crippen LogP contribution in [0.3, 0.4) is 0 Å². The predicted octanol–water partition coefficient (Wildman–Crippen LogP) is -0.175. The highest BCUT2D eigenvalue weighted by Crippen LogP contribution is 2.09. The van der Waals surface area contributed by atoms with Gasteiger partial charge in [0, 0.05) is 13.2 Å². The lowest BCUT2D eigenvalue weighted by Crippen LogP contribution is -2.37. The number of hydrogen-bond acceptors (Lipinski definition) is 4. The van der Waals surface area contributed by atoms with E-state index in [1.807, 2.05) is 0 Å². The Morgan fingerprint density at radius 3 is 3.06 bits per heavy atom. The van der Waals surface area contributed by atoms with Crippen molar-refractivity contribution in [2.45, 2.75) is 0 Å². The zero-order chi connectivity index (χ0) is 13.0. The Bertz CT molecular complexity index is 579. The zero-order valence-corrected chi connectivity index (χ0v) is 9.65. The highest BCUT2D eigenvalue weighted by atomic mass is 16.2. The summed E-state index contributed by atoms with van der Waals surface area (Å²) >= 11 is 0. The van der Waals surface area contributed by atoms with Gasteiger partial charge in [0.05, 0.1) is 12.7 Å². The Hall–Kier alpha value is -2.64. The van der Waals surface area contributed by atoms with Crippen molar-refractivity contribution in [2.75, 3.05) is 18.9 Å². The van der Waals surface area contributed by atoms with Gasteiger partial charge in [0.1, 0.15) is 5.52 Å². The van der Waals surface area contributed by atoms with E-state index in [1.165, 1.54) is 13.2 Å². The smallest absolute Gasteiger partial charge is 0.320 e. The molecule has 0 bridgehead atoms. The molecule has 0 aromatic carbocycles. The number of aromatic nitrogens is 3. The standard InChI is InChI=1S/C10H12N6O2/c1-11-8(17)5-14-10(18)16-7-4-13-9-6(15-7)2-3-12-9/h2-4H,5H2,1H3,(H,11,17)(H,12,13)(H2,14,15,16,18). The molecule has 2 aromatic rings. The summed E-state index contributed by atoms with van der Waals surface area (Å²) in [5.41, 5.74) is 1.30. The largest absolute Gasteiger partial charge is 0.358 e. The molecule has 0 saturated carbocycles. The van der Waals surface area contributed by atoms with Gasteiger partial charge >= 0.3 is 6.03 Å². The molecule has 2 heterocycles. The summed E-state index contributed by atoms with van der Waals surface area (Å²) in [5, 5.41) is 7.26. The summed E-state index contributed by atoms with van der Waals surface area (Å²) in [6.07, 6.45) is 3.14. The number of carbonyl (C=O) groups excluding carboxylic acids is 2. The fraction of sp³-hybridized carbons (Fsp3) is 0.200. The fourth-order valence-corrected chi connectivity index (χ4v) is 1.30. The molecule has 0 radical (unpaired) electrons. The average Bonchev–Trinajstić information content (AvgIpc) is 2.83. The van der Waals surface area contributed by atoms with Crippen LogP contribution in [-0.2, 0) is 4.79 Å². The van der Waals surface area contributed by atoms with Crippen molar-refractivity contribution < 1.29 is 9.59 Å². The lowest BCUT2D eigenvalue weighted by molar-refractivity contribution is -0.119. The Balaban J connectivity index is 1.96. The second-order valence-electron chi connectivity index (χ2n) is 3.45. The van der Waals surface area contributed by atoms with Gasteiger partial charge in [0.2, 0.25) is 5.91 Å². The van der Waals surface area contributed by atoms with E-state index in [0.717, 1.165) is 0 Å². The molecule has 2 aromatic heterocycles. The first-order chi connectivity index (χ1) is 8.69. The average molecular weight is 248 g/mol. The second-order valence-corrected chi connectivity index (χ2v) is 3.45. The molecule has 3 amide bonds. The first-order valence-electron chi connectivity index (χ1n) is 5.24. The number of fused-ring (bicyclic) bond motifs is 1. The molecule has 8 heteroatoms. The van der Waals surface area contributed by atoms with Crippen LogP contribution in [0.4, 0.5) is 10.6 Å². The van der Waals surface area contributed by atoms with Crippen LogP contribution in [0, 0.1) is 0 Å². The van der Waals surface area contributed by atoms with Gasteiger partial charge in [0.15, 0.2) is 11.5 Å². The van der Waals surface area contributed by atoms with Gasteiger partial charge in [0.25, 0.3) is 0 Å². The van der Waals surface area contributed by atoms with Crippen molar-refractivity contribution in [3.05, 3.63) is 18.5 Å². The van der Waals surface area contributed by atoms with E-state index in [4.69, 9.17) is 0 Å². The summed E-state index contributed by atoms with van der Waals surface area (Å²) < 4.78 is 0. The maximum Gasteiger partial charge on any atom is 0.320 e. The summed E-state index contributed by atoms with van der Waals surface area (Å²) in [7, 11) is 1.49. The lowest BCUT2D eigenvalue weighted by atomic mass is 10.5. The van der Waals surface area contributed by atoms with Gasteiger partial charge in [-0.3, -0.25) is 10.1 Å². The van der Waals surface area contributed by atoms with E-state index < -0.39 is 6.03 Å². The van der Waals surface area contributed by atoms with Crippen LogP contribution < -0.4 is 16.0 Å². The molecule has 0 unspecified atom stereocenters. The van der Waals surface area contributed by atoms with Crippen LogP contribution in [0.2, 0.25) is 0 Å². The van der Waals surface area contributed by atoms with Crippen molar-refractivity contribution in [3.63, 3.8) is 0 Å². The Morgan fingerprint density at radius 2 is 2.28 bits per heavy atom. The number of amides is 3. The molecule has 0 saturated heterocycles. The minimum Gasteiger partial charge on any atom is -0.358 e. The molecule has 0 atom stereocenters. The third-order valence-electron chi connectivity index (χ3n) is 2.19. The summed E-state index contributed by atoms with van der Waals surface area (Å²) in [5.74, 6) is 0.0360. The van der Waals surface area contributed by atoms with Crippen LogP contribution >= 0.6 is 0 Å². The minimum absolute atomic E-state index is 0.0951. The zero-order valence-electron chi connectivity index (χ0n) is 9.65. The maximum absolute atomic E-state index is 11.4. The highest BCUT2D eigenvalue weighted by molar-refractivity contribution is 5.91. The van der Waals surface area contributed by atoms with Crippen molar-refractivity contribution in [1.82, 2.24) is 25.6 Å². The van der Waals surface area contributed by atoms with Gasteiger partial charge in [-0.1, -0.05) is 0 Å². The van der Waals surface area contributed by atoms with E-state index in [-0.39, 0.29) is 12.5 Å². The molecule has 0 spiro atoms. The normalized spacial score (nSPS) is 10.1. The monoisotopic (exact) mass is 248 g/mol. The van der Waals surface area contributed by atoms with Crippen LogP contribution in [0.15, 0.2) is 18.5 Å². The number of nitrogens with one attached hydrogen (secondary N) is 4. The minimum atomic E-state index is -0.511. The Kier molecular flexibility index (Phi) is 3.37. The molecule has 8 nitrogen and oxygen atoms in total. The van der Waals surface area contributed by atoms with Crippen LogP contribution in [0.1, 0.15) is 0 Å². The number of carbonyl (C=O) groups is 2. The molecular weight excluding hydrogens is 236 g/mol. The van der Waals surface area contributed by atoms with Crippen LogP contribution in [-0.4, -0.2) is 40.5 Å². The number of likely N-dealkylation sites (N-methyl/N-ethyl adjacent to an activating group) is 1. The van der Waals surface area contributed by atoms with E-state index in [0.29, 0.717) is 17.0 Å². The van der Waals surface area contributed by atoms with E-state index in [1.54, 1.807) is 12.3 Å². The first-order valence-corrected chi connectivity index (χ1v) is 5.24. The molecule has 94 valence electrons. The molecule has 4 N–H and O–H groups in total. The van der Waals surface area contributed by atoms with E-state index >= 15 is 0 Å². The number of aromatic amines is 1. The highest BCUT2D eigenvalue weighted by Gasteiger charge is 2.06. The SMILES string of the molecule is CNC(=O)CNC(=O)Nc1cnc2[nH]ccc2n1. The fourth-order valence-electron chi connectivity index (χ4n) is 1.30. The van der Waals surface area contributed by atoms with Gasteiger partial charge in [-0.2, -0.15) is 0 Å². The summed E-state index contributed by atoms with van der Waals surface area (Å²) in [6, 6.07) is 1.23. The molecule has 0 aliphatic rings. The third-order valence-corrected chi connectivity index (χ3v) is 2.19. The topological polar surface area (TPSA) is 112 Å². The molecule has 0 fully saturated rings. The van der Waals surface area contributed by atoms with E-state index in [2.05, 4.69) is 30.9 Å². The number of hydrogen-bond donors (Lipinski definition) is 4. The number of nitrogens with zero attached hydrogens (tertiary/aromatic N) is 2. The maximum atomic E-state index is 11.4. The lowest BCUT2D eigenvalue weighted by Gasteiger charge is -2.05. The van der Waals surface area contributed by atoms with Crippen molar-refractivity contribution in [3.8, 4) is 0 Å². The second kappa shape index (κ2) is 5.13. The predicted molar refractivity (Wildman–Crippen MR) is 65.0 cm³/mol. The molecular formula is C10H12N6O2. The molecule has 18 heavy (non-hydrogen) atoms. The van der Waals surface area contributed by atoms with Gasteiger partial charge in [-0.05, 0) is 6.07 Å².